The van der Waals surface area contributed by atoms with E-state index < -0.39 is 5.91 Å². The fraction of sp³-hybridized carbons (Fsp3) is 0.286. The van der Waals surface area contributed by atoms with Crippen molar-refractivity contribution in [2.75, 3.05) is 13.2 Å². The maximum absolute atomic E-state index is 13.5. The van der Waals surface area contributed by atoms with Crippen molar-refractivity contribution in [2.24, 2.45) is 5.73 Å². The van der Waals surface area contributed by atoms with Crippen molar-refractivity contribution in [2.45, 2.75) is 25.3 Å². The molecule has 0 radical (unpaired) electrons. The van der Waals surface area contributed by atoms with Gasteiger partial charge in [-0.25, -0.2) is 4.39 Å². The fourth-order valence-corrected chi connectivity index (χ4v) is 3.98. The molecular weight excluding hydrogens is 381 g/mol. The van der Waals surface area contributed by atoms with Gasteiger partial charge in [0.1, 0.15) is 18.2 Å². The molecule has 28 heavy (non-hydrogen) atoms. The number of fused-ring (bicyclic) bond motifs is 2. The summed E-state index contributed by atoms with van der Waals surface area (Å²) in [6.45, 7) is 1.26. The van der Waals surface area contributed by atoms with E-state index in [9.17, 15) is 9.18 Å². The van der Waals surface area contributed by atoms with Gasteiger partial charge in [-0.15, -0.1) is 0 Å². The molecule has 2 heterocycles. The van der Waals surface area contributed by atoms with Crippen LogP contribution in [0.4, 0.5) is 4.39 Å². The van der Waals surface area contributed by atoms with Crippen LogP contribution in [0.15, 0.2) is 36.5 Å². The Morgan fingerprint density at radius 3 is 3.04 bits per heavy atom. The normalized spacial score (nSPS) is 16.0. The van der Waals surface area contributed by atoms with E-state index in [-0.39, 0.29) is 11.9 Å². The van der Waals surface area contributed by atoms with Crippen LogP contribution < -0.4 is 15.8 Å². The van der Waals surface area contributed by atoms with Gasteiger partial charge in [-0.1, -0.05) is 11.6 Å². The topological polar surface area (TPSA) is 80.1 Å². The zero-order valence-corrected chi connectivity index (χ0v) is 16.0. The second-order valence-corrected chi connectivity index (χ2v) is 7.45. The van der Waals surface area contributed by atoms with E-state index in [1.165, 1.54) is 6.07 Å². The summed E-state index contributed by atoms with van der Waals surface area (Å²) in [5.41, 5.74) is 8.73. The lowest BCUT2D eigenvalue weighted by Gasteiger charge is -2.28. The van der Waals surface area contributed by atoms with Crippen LogP contribution in [0.1, 0.15) is 27.9 Å². The number of primary amides is 1. The van der Waals surface area contributed by atoms with Crippen LogP contribution in [-0.2, 0) is 12.8 Å². The molecule has 1 aliphatic heterocycles. The summed E-state index contributed by atoms with van der Waals surface area (Å²) in [7, 11) is 0. The Morgan fingerprint density at radius 1 is 1.36 bits per heavy atom. The number of nitrogens with two attached hydrogens (primary N) is 1. The number of halogens is 2. The van der Waals surface area contributed by atoms with Gasteiger partial charge >= 0.3 is 0 Å². The number of aromatic nitrogens is 1. The Morgan fingerprint density at radius 2 is 2.21 bits per heavy atom. The third-order valence-corrected chi connectivity index (χ3v) is 5.44. The van der Waals surface area contributed by atoms with Gasteiger partial charge in [0.05, 0.1) is 5.02 Å². The predicted octanol–water partition coefficient (Wildman–Crippen LogP) is 3.59. The molecule has 2 aromatic carbocycles. The zero-order valence-electron chi connectivity index (χ0n) is 15.2. The number of amides is 1. The third kappa shape index (κ3) is 3.70. The number of carbonyl (C=O) groups excluding carboxylic acids is 1. The Kier molecular flexibility index (Phi) is 5.24. The summed E-state index contributed by atoms with van der Waals surface area (Å²) in [5, 5.41) is 4.88. The number of ether oxygens (including phenoxy) is 1. The summed E-state index contributed by atoms with van der Waals surface area (Å²) in [4.78, 5) is 14.9. The molecule has 0 spiro atoms. The molecule has 1 aromatic heterocycles. The minimum absolute atomic E-state index is 0.0736. The van der Waals surface area contributed by atoms with Gasteiger partial charge in [0.15, 0.2) is 0 Å². The predicted molar refractivity (Wildman–Crippen MR) is 108 cm³/mol. The minimum atomic E-state index is -0.483. The average molecular weight is 402 g/mol. The molecule has 146 valence electrons. The quantitative estimate of drug-likeness (QED) is 0.552. The van der Waals surface area contributed by atoms with Gasteiger partial charge in [-0.2, -0.15) is 0 Å². The highest BCUT2D eigenvalue weighted by atomic mass is 35.5. The second-order valence-electron chi connectivity index (χ2n) is 7.04. The van der Waals surface area contributed by atoms with Crippen LogP contribution in [0, 0.1) is 5.82 Å². The molecular formula is C21H21ClFN3O2. The first-order chi connectivity index (χ1) is 13.5. The summed E-state index contributed by atoms with van der Waals surface area (Å²) >= 11 is 6.18. The fourth-order valence-electron chi connectivity index (χ4n) is 3.75. The van der Waals surface area contributed by atoms with Gasteiger partial charge < -0.3 is 20.8 Å². The highest BCUT2D eigenvalue weighted by Crippen LogP contribution is 2.35. The lowest BCUT2D eigenvalue weighted by atomic mass is 9.96. The zero-order chi connectivity index (χ0) is 19.7. The SMILES string of the molecule is NC(=O)c1ccc(Cl)c2c1CC(NCCCc1c[nH]c3ccc(F)cc13)CO2. The third-order valence-electron chi connectivity index (χ3n) is 5.14. The van der Waals surface area contributed by atoms with E-state index in [0.29, 0.717) is 29.4 Å². The highest BCUT2D eigenvalue weighted by Gasteiger charge is 2.25. The Labute approximate surface area is 167 Å². The summed E-state index contributed by atoms with van der Waals surface area (Å²) in [5.74, 6) is -0.158. The first-order valence-corrected chi connectivity index (χ1v) is 9.63. The van der Waals surface area contributed by atoms with E-state index in [2.05, 4.69) is 10.3 Å². The first-order valence-electron chi connectivity index (χ1n) is 9.26. The van der Waals surface area contributed by atoms with Crippen molar-refractivity contribution >= 4 is 28.4 Å². The molecule has 0 bridgehead atoms. The summed E-state index contributed by atoms with van der Waals surface area (Å²) in [6, 6.07) is 8.13. The molecule has 1 amide bonds. The van der Waals surface area contributed by atoms with E-state index in [4.69, 9.17) is 22.1 Å². The van der Waals surface area contributed by atoms with E-state index in [0.717, 1.165) is 41.4 Å². The number of nitrogens with one attached hydrogen (secondary N) is 2. The molecule has 0 fully saturated rings. The van der Waals surface area contributed by atoms with Gasteiger partial charge in [-0.3, -0.25) is 4.79 Å². The maximum Gasteiger partial charge on any atom is 0.249 e. The lowest BCUT2D eigenvalue weighted by molar-refractivity contribution is 0.0997. The van der Waals surface area contributed by atoms with Gasteiger partial charge in [-0.05, 0) is 61.7 Å². The molecule has 5 nitrogen and oxygen atoms in total. The van der Waals surface area contributed by atoms with Gasteiger partial charge in [0.2, 0.25) is 5.91 Å². The van der Waals surface area contributed by atoms with Crippen LogP contribution in [0.3, 0.4) is 0 Å². The molecule has 0 aliphatic carbocycles. The van der Waals surface area contributed by atoms with Gasteiger partial charge in [0.25, 0.3) is 0 Å². The Hall–Kier alpha value is -2.57. The van der Waals surface area contributed by atoms with E-state index >= 15 is 0 Å². The molecule has 4 N–H and O–H groups in total. The van der Waals surface area contributed by atoms with E-state index in [1.54, 1.807) is 24.3 Å². The second kappa shape index (κ2) is 7.81. The Balaban J connectivity index is 1.36. The first kappa shape index (κ1) is 18.8. The van der Waals surface area contributed by atoms with Crippen LogP contribution in [0.2, 0.25) is 5.02 Å². The number of benzene rings is 2. The average Bonchev–Trinajstić information content (AvgIpc) is 3.07. The molecule has 0 saturated carbocycles. The summed E-state index contributed by atoms with van der Waals surface area (Å²) < 4.78 is 19.3. The standard InChI is InChI=1S/C21H21ClFN3O2/c22-18-5-4-15(21(24)27)17-9-14(11-28-20(17)18)25-7-1-2-12-10-26-19-6-3-13(23)8-16(12)19/h3-6,8,10,14,25-26H,1-2,7,9,11H2,(H2,24,27). The van der Waals surface area contributed by atoms with Crippen LogP contribution in [0.5, 0.6) is 5.75 Å². The van der Waals surface area contributed by atoms with E-state index in [1.807, 2.05) is 6.20 Å². The van der Waals surface area contributed by atoms with Crippen molar-refractivity contribution in [1.29, 1.82) is 0 Å². The van der Waals surface area contributed by atoms with Crippen LogP contribution >= 0.6 is 11.6 Å². The molecule has 1 atom stereocenters. The molecule has 3 aromatic rings. The van der Waals surface area contributed by atoms with Crippen molar-refractivity contribution < 1.29 is 13.9 Å². The highest BCUT2D eigenvalue weighted by molar-refractivity contribution is 6.32. The van der Waals surface area contributed by atoms with Crippen molar-refractivity contribution in [1.82, 2.24) is 10.3 Å². The van der Waals surface area contributed by atoms with Gasteiger partial charge in [0, 0.05) is 34.3 Å². The van der Waals surface area contributed by atoms with Crippen molar-refractivity contribution in [3.05, 3.63) is 64.1 Å². The molecule has 0 saturated heterocycles. The molecule has 1 aliphatic rings. The lowest BCUT2D eigenvalue weighted by Crippen LogP contribution is -2.40. The van der Waals surface area contributed by atoms with Crippen molar-refractivity contribution in [3.63, 3.8) is 0 Å². The molecule has 4 rings (SSSR count). The number of aryl methyl sites for hydroxylation is 1. The number of hydrogen-bond donors (Lipinski definition) is 3. The van der Waals surface area contributed by atoms with Crippen molar-refractivity contribution in [3.8, 4) is 5.75 Å². The number of aromatic amines is 1. The molecule has 7 heteroatoms. The minimum Gasteiger partial charge on any atom is -0.490 e. The largest absolute Gasteiger partial charge is 0.490 e. The number of rotatable bonds is 6. The molecule has 1 unspecified atom stereocenters. The monoisotopic (exact) mass is 401 g/mol. The number of carbonyl (C=O) groups is 1. The van der Waals surface area contributed by atoms with Crippen LogP contribution in [-0.4, -0.2) is 30.1 Å². The maximum atomic E-state index is 13.5. The van der Waals surface area contributed by atoms with Crippen LogP contribution in [0.25, 0.3) is 10.9 Å². The number of H-pyrrole nitrogens is 1. The number of hydrogen-bond acceptors (Lipinski definition) is 3. The smallest absolute Gasteiger partial charge is 0.249 e. The summed E-state index contributed by atoms with van der Waals surface area (Å²) in [6.07, 6.45) is 4.29. The Bertz CT molecular complexity index is 1030.